The maximum absolute atomic E-state index is 13.8. The van der Waals surface area contributed by atoms with Gasteiger partial charge < -0.3 is 15.4 Å². The van der Waals surface area contributed by atoms with Gasteiger partial charge in [0.05, 0.1) is 22.2 Å². The van der Waals surface area contributed by atoms with Crippen LogP contribution in [-0.4, -0.2) is 23.3 Å². The number of benzene rings is 2. The molecule has 2 aromatic carbocycles. The van der Waals surface area contributed by atoms with E-state index in [9.17, 15) is 24.1 Å². The first-order chi connectivity index (χ1) is 11.4. The molecule has 122 valence electrons. The molecule has 0 spiro atoms. The van der Waals surface area contributed by atoms with Crippen LogP contribution in [-0.2, 0) is 4.79 Å². The largest absolute Gasteiger partial charge is 0.482 e. The second-order valence-electron chi connectivity index (χ2n) is 4.92. The molecule has 2 aromatic rings. The molecule has 0 aliphatic carbocycles. The van der Waals surface area contributed by atoms with Crippen molar-refractivity contribution in [3.63, 3.8) is 0 Å². The fourth-order valence-corrected chi connectivity index (χ4v) is 2.16. The van der Waals surface area contributed by atoms with Crippen LogP contribution < -0.4 is 15.4 Å². The number of ether oxygens (including phenoxy) is 1. The monoisotopic (exact) mass is 331 g/mol. The molecule has 2 N–H and O–H groups in total. The fraction of sp³-hybridized carbons (Fsp3) is 0.0667. The zero-order valence-electron chi connectivity index (χ0n) is 12.0. The standard InChI is InChI=1S/C15H10FN3O5/c16-11-6-9(19(22)23)2-3-10(11)15(21)17-8-1-4-13-12(5-8)18-14(20)7-24-13/h1-6H,7H2,(H,17,21)(H,18,20). The van der Waals surface area contributed by atoms with Crippen molar-refractivity contribution in [2.24, 2.45) is 0 Å². The quantitative estimate of drug-likeness (QED) is 0.662. The summed E-state index contributed by atoms with van der Waals surface area (Å²) in [6, 6.07) is 7.29. The number of carbonyl (C=O) groups is 2. The number of rotatable bonds is 3. The van der Waals surface area contributed by atoms with Crippen molar-refractivity contribution in [2.75, 3.05) is 17.2 Å². The summed E-state index contributed by atoms with van der Waals surface area (Å²) in [5.41, 5.74) is -0.0909. The summed E-state index contributed by atoms with van der Waals surface area (Å²) < 4.78 is 19.0. The summed E-state index contributed by atoms with van der Waals surface area (Å²) in [5, 5.41) is 15.6. The Kier molecular flexibility index (Phi) is 3.82. The summed E-state index contributed by atoms with van der Waals surface area (Å²) in [6.07, 6.45) is 0. The van der Waals surface area contributed by atoms with Crippen molar-refractivity contribution in [1.82, 2.24) is 0 Å². The lowest BCUT2D eigenvalue weighted by Crippen LogP contribution is -2.25. The second kappa shape index (κ2) is 5.95. The Balaban J connectivity index is 1.81. The van der Waals surface area contributed by atoms with Crippen LogP contribution in [0.15, 0.2) is 36.4 Å². The fourth-order valence-electron chi connectivity index (χ4n) is 2.16. The third-order valence-electron chi connectivity index (χ3n) is 3.28. The third-order valence-corrected chi connectivity index (χ3v) is 3.28. The number of nitro benzene ring substituents is 1. The average Bonchev–Trinajstić information content (AvgIpc) is 2.54. The number of hydrogen-bond donors (Lipinski definition) is 2. The van der Waals surface area contributed by atoms with Gasteiger partial charge in [-0.15, -0.1) is 0 Å². The predicted octanol–water partition coefficient (Wildman–Crippen LogP) is 2.32. The number of halogens is 1. The van der Waals surface area contributed by atoms with E-state index in [2.05, 4.69) is 10.6 Å². The van der Waals surface area contributed by atoms with E-state index in [4.69, 9.17) is 4.74 Å². The van der Waals surface area contributed by atoms with Gasteiger partial charge in [-0.2, -0.15) is 0 Å². The van der Waals surface area contributed by atoms with Crippen LogP contribution in [0.2, 0.25) is 0 Å². The minimum absolute atomic E-state index is 0.0906. The maximum Gasteiger partial charge on any atom is 0.272 e. The molecule has 0 bridgehead atoms. The van der Waals surface area contributed by atoms with Crippen LogP contribution in [0.5, 0.6) is 5.75 Å². The first-order valence-corrected chi connectivity index (χ1v) is 6.76. The summed E-state index contributed by atoms with van der Waals surface area (Å²) in [7, 11) is 0. The Hall–Kier alpha value is -3.49. The number of nitrogens with one attached hydrogen (secondary N) is 2. The highest BCUT2D eigenvalue weighted by Gasteiger charge is 2.19. The lowest BCUT2D eigenvalue weighted by molar-refractivity contribution is -0.385. The van der Waals surface area contributed by atoms with Gasteiger partial charge in [0, 0.05) is 11.8 Å². The molecule has 8 nitrogen and oxygen atoms in total. The minimum Gasteiger partial charge on any atom is -0.482 e. The number of carbonyl (C=O) groups excluding carboxylic acids is 2. The van der Waals surface area contributed by atoms with Crippen molar-refractivity contribution in [3.8, 4) is 5.75 Å². The molecule has 9 heteroatoms. The van der Waals surface area contributed by atoms with Crippen LogP contribution in [0.25, 0.3) is 0 Å². The molecule has 3 rings (SSSR count). The molecule has 0 radical (unpaired) electrons. The highest BCUT2D eigenvalue weighted by atomic mass is 19.1. The first-order valence-electron chi connectivity index (χ1n) is 6.76. The van der Waals surface area contributed by atoms with E-state index in [1.807, 2.05) is 0 Å². The number of nitro groups is 1. The summed E-state index contributed by atoms with van der Waals surface area (Å²) in [5.74, 6) is -1.65. The Labute approximate surface area is 134 Å². The molecule has 1 heterocycles. The molecule has 1 aliphatic rings. The molecular formula is C15H10FN3O5. The molecule has 2 amide bonds. The molecule has 0 unspecified atom stereocenters. The molecule has 0 fully saturated rings. The lowest BCUT2D eigenvalue weighted by atomic mass is 10.1. The molecule has 0 aromatic heterocycles. The van der Waals surface area contributed by atoms with Crippen LogP contribution in [0.4, 0.5) is 21.5 Å². The molecule has 0 saturated heterocycles. The molecular weight excluding hydrogens is 321 g/mol. The molecule has 1 aliphatic heterocycles. The summed E-state index contributed by atoms with van der Waals surface area (Å²) in [4.78, 5) is 33.2. The van der Waals surface area contributed by atoms with Gasteiger partial charge in [-0.05, 0) is 24.3 Å². The van der Waals surface area contributed by atoms with Crippen LogP contribution in [0.3, 0.4) is 0 Å². The number of hydrogen-bond acceptors (Lipinski definition) is 5. The van der Waals surface area contributed by atoms with Gasteiger partial charge in [0.25, 0.3) is 17.5 Å². The van der Waals surface area contributed by atoms with E-state index in [1.54, 1.807) is 6.07 Å². The number of amides is 2. The van der Waals surface area contributed by atoms with Crippen molar-refractivity contribution < 1.29 is 23.6 Å². The van der Waals surface area contributed by atoms with Crippen LogP contribution >= 0.6 is 0 Å². The Morgan fingerprint density at radius 1 is 1.29 bits per heavy atom. The zero-order valence-corrected chi connectivity index (χ0v) is 12.0. The highest BCUT2D eigenvalue weighted by Crippen LogP contribution is 2.30. The van der Waals surface area contributed by atoms with Crippen molar-refractivity contribution >= 4 is 28.9 Å². The van der Waals surface area contributed by atoms with Crippen molar-refractivity contribution in [3.05, 3.63) is 57.9 Å². The topological polar surface area (TPSA) is 111 Å². The van der Waals surface area contributed by atoms with E-state index in [-0.39, 0.29) is 18.1 Å². The van der Waals surface area contributed by atoms with Crippen LogP contribution in [0, 0.1) is 15.9 Å². The van der Waals surface area contributed by atoms with E-state index >= 15 is 0 Å². The summed E-state index contributed by atoms with van der Waals surface area (Å²) in [6.45, 7) is -0.0906. The van der Waals surface area contributed by atoms with E-state index in [0.717, 1.165) is 12.1 Å². The SMILES string of the molecule is O=C1COc2ccc(NC(=O)c3ccc([N+](=O)[O-])cc3F)cc2N1. The number of fused-ring (bicyclic) bond motifs is 1. The molecule has 0 atom stereocenters. The minimum atomic E-state index is -1.00. The smallest absolute Gasteiger partial charge is 0.272 e. The average molecular weight is 331 g/mol. The summed E-state index contributed by atoms with van der Waals surface area (Å²) >= 11 is 0. The van der Waals surface area contributed by atoms with Gasteiger partial charge in [0.1, 0.15) is 11.6 Å². The maximum atomic E-state index is 13.8. The Bertz CT molecular complexity index is 868. The van der Waals surface area contributed by atoms with E-state index in [1.165, 1.54) is 12.1 Å². The zero-order chi connectivity index (χ0) is 17.3. The van der Waals surface area contributed by atoms with Gasteiger partial charge in [-0.3, -0.25) is 19.7 Å². The highest BCUT2D eigenvalue weighted by molar-refractivity contribution is 6.05. The van der Waals surface area contributed by atoms with Crippen molar-refractivity contribution in [1.29, 1.82) is 0 Å². The Morgan fingerprint density at radius 2 is 2.08 bits per heavy atom. The number of anilines is 2. The van der Waals surface area contributed by atoms with Gasteiger partial charge >= 0.3 is 0 Å². The second-order valence-corrected chi connectivity index (χ2v) is 4.92. The molecule has 0 saturated carbocycles. The van der Waals surface area contributed by atoms with Gasteiger partial charge in [0.2, 0.25) is 0 Å². The molecule has 24 heavy (non-hydrogen) atoms. The van der Waals surface area contributed by atoms with Crippen LogP contribution in [0.1, 0.15) is 10.4 Å². The van der Waals surface area contributed by atoms with E-state index < -0.39 is 22.3 Å². The Morgan fingerprint density at radius 3 is 2.79 bits per heavy atom. The normalized spacial score (nSPS) is 12.6. The van der Waals surface area contributed by atoms with Gasteiger partial charge in [0.15, 0.2) is 6.61 Å². The predicted molar refractivity (Wildman–Crippen MR) is 81.6 cm³/mol. The number of nitrogens with zero attached hydrogens (tertiary/aromatic N) is 1. The van der Waals surface area contributed by atoms with Crippen molar-refractivity contribution in [2.45, 2.75) is 0 Å². The van der Waals surface area contributed by atoms with Gasteiger partial charge in [-0.1, -0.05) is 0 Å². The van der Waals surface area contributed by atoms with Gasteiger partial charge in [-0.25, -0.2) is 4.39 Å². The number of non-ortho nitro benzene ring substituents is 1. The first kappa shape index (κ1) is 15.4. The third kappa shape index (κ3) is 3.00. The van der Waals surface area contributed by atoms with E-state index in [0.29, 0.717) is 23.2 Å². The lowest BCUT2D eigenvalue weighted by Gasteiger charge is -2.18.